The van der Waals surface area contributed by atoms with Crippen LogP contribution in [0.1, 0.15) is 24.2 Å². The van der Waals surface area contributed by atoms with Gasteiger partial charge in [0.15, 0.2) is 0 Å². The van der Waals surface area contributed by atoms with Crippen molar-refractivity contribution in [1.29, 1.82) is 0 Å². The molecule has 0 radical (unpaired) electrons. The number of hydrogen-bond donors (Lipinski definition) is 0. The Hall–Kier alpha value is -0.630. The van der Waals surface area contributed by atoms with Crippen molar-refractivity contribution in [3.63, 3.8) is 0 Å². The molecule has 0 N–H and O–H groups in total. The third-order valence-electron chi connectivity index (χ3n) is 2.93. The van der Waals surface area contributed by atoms with Crippen LogP contribution in [0.3, 0.4) is 0 Å². The Bertz CT molecular complexity index is 507. The van der Waals surface area contributed by atoms with E-state index in [1.165, 1.54) is 7.11 Å². The van der Waals surface area contributed by atoms with Gasteiger partial charge in [-0.25, -0.2) is 0 Å². The van der Waals surface area contributed by atoms with Gasteiger partial charge < -0.3 is 9.64 Å². The fourth-order valence-electron chi connectivity index (χ4n) is 1.79. The number of amides is 1. The summed E-state index contributed by atoms with van der Waals surface area (Å²) in [6.07, 6.45) is 0. The second kappa shape index (κ2) is 7.97. The molecule has 1 rings (SSSR count). The maximum Gasteiger partial charge on any atom is 0.310 e. The average Bonchev–Trinajstić information content (AvgIpc) is 2.45. The molecular formula is C14H17BrINO3. The van der Waals surface area contributed by atoms with E-state index in [1.807, 2.05) is 19.1 Å². The molecule has 0 saturated carbocycles. The van der Waals surface area contributed by atoms with Gasteiger partial charge in [-0.3, -0.25) is 9.59 Å². The molecule has 1 aromatic rings. The Morgan fingerprint density at radius 2 is 2.10 bits per heavy atom. The van der Waals surface area contributed by atoms with Crippen molar-refractivity contribution in [3.05, 3.63) is 31.8 Å². The fourth-order valence-corrected chi connectivity index (χ4v) is 2.72. The zero-order valence-corrected chi connectivity index (χ0v) is 15.4. The Kier molecular flexibility index (Phi) is 6.94. The van der Waals surface area contributed by atoms with Crippen molar-refractivity contribution in [3.8, 4) is 0 Å². The first-order valence-electron chi connectivity index (χ1n) is 6.22. The van der Waals surface area contributed by atoms with Crippen LogP contribution in [-0.2, 0) is 9.53 Å². The number of methoxy groups -OCH3 is 1. The lowest BCUT2D eigenvalue weighted by atomic mass is 10.1. The summed E-state index contributed by atoms with van der Waals surface area (Å²) in [5, 5.41) is 0. The Morgan fingerprint density at radius 1 is 1.45 bits per heavy atom. The van der Waals surface area contributed by atoms with Crippen molar-refractivity contribution >= 4 is 50.4 Å². The van der Waals surface area contributed by atoms with E-state index in [2.05, 4.69) is 38.5 Å². The van der Waals surface area contributed by atoms with Crippen LogP contribution in [0.15, 0.2) is 22.7 Å². The van der Waals surface area contributed by atoms with Crippen LogP contribution in [0, 0.1) is 9.49 Å². The van der Waals surface area contributed by atoms with Gasteiger partial charge in [0.05, 0.1) is 18.6 Å². The summed E-state index contributed by atoms with van der Waals surface area (Å²) >= 11 is 5.51. The number of esters is 1. The van der Waals surface area contributed by atoms with Crippen molar-refractivity contribution in [2.24, 2.45) is 5.92 Å². The molecule has 0 bridgehead atoms. The minimum atomic E-state index is -0.339. The molecule has 0 saturated heterocycles. The molecule has 110 valence electrons. The number of halogens is 2. The van der Waals surface area contributed by atoms with E-state index >= 15 is 0 Å². The van der Waals surface area contributed by atoms with Crippen LogP contribution in [-0.4, -0.2) is 37.0 Å². The van der Waals surface area contributed by atoms with Gasteiger partial charge in [-0.2, -0.15) is 0 Å². The van der Waals surface area contributed by atoms with E-state index in [1.54, 1.807) is 17.9 Å². The lowest BCUT2D eigenvalue weighted by Crippen LogP contribution is -2.37. The predicted molar refractivity (Wildman–Crippen MR) is 89.6 cm³/mol. The average molecular weight is 454 g/mol. The molecule has 0 fully saturated rings. The van der Waals surface area contributed by atoms with Crippen molar-refractivity contribution < 1.29 is 14.3 Å². The highest BCUT2D eigenvalue weighted by Gasteiger charge is 2.22. The van der Waals surface area contributed by atoms with Gasteiger partial charge in [-0.1, -0.05) is 22.9 Å². The SMILES string of the molecule is CCN(CC(C)C(=O)OC)C(=O)c1cc(Br)ccc1I. The van der Waals surface area contributed by atoms with E-state index in [0.29, 0.717) is 18.7 Å². The van der Waals surface area contributed by atoms with E-state index in [-0.39, 0.29) is 17.8 Å². The van der Waals surface area contributed by atoms with Gasteiger partial charge >= 0.3 is 5.97 Å². The zero-order valence-electron chi connectivity index (χ0n) is 11.7. The number of nitrogens with zero attached hydrogens (tertiary/aromatic N) is 1. The summed E-state index contributed by atoms with van der Waals surface area (Å²) in [5.74, 6) is -0.720. The number of carbonyl (C=O) groups is 2. The van der Waals surface area contributed by atoms with E-state index < -0.39 is 0 Å². The fraction of sp³-hybridized carbons (Fsp3) is 0.429. The number of benzene rings is 1. The highest BCUT2D eigenvalue weighted by molar-refractivity contribution is 14.1. The molecule has 1 atom stereocenters. The van der Waals surface area contributed by atoms with Crippen LogP contribution >= 0.6 is 38.5 Å². The Balaban J connectivity index is 2.92. The van der Waals surface area contributed by atoms with Gasteiger partial charge in [0.2, 0.25) is 0 Å². The minimum absolute atomic E-state index is 0.0750. The quantitative estimate of drug-likeness (QED) is 0.507. The zero-order chi connectivity index (χ0) is 15.3. The molecule has 0 heterocycles. The third kappa shape index (κ3) is 4.44. The molecule has 1 amide bonds. The minimum Gasteiger partial charge on any atom is -0.469 e. The first kappa shape index (κ1) is 17.4. The molecule has 0 aliphatic rings. The second-order valence-corrected chi connectivity index (χ2v) is 6.47. The summed E-state index contributed by atoms with van der Waals surface area (Å²) in [7, 11) is 1.36. The van der Waals surface area contributed by atoms with Crippen LogP contribution in [0.25, 0.3) is 0 Å². The van der Waals surface area contributed by atoms with Crippen molar-refractivity contribution in [2.45, 2.75) is 13.8 Å². The number of carbonyl (C=O) groups excluding carboxylic acids is 2. The molecule has 20 heavy (non-hydrogen) atoms. The monoisotopic (exact) mass is 453 g/mol. The molecule has 0 aromatic heterocycles. The van der Waals surface area contributed by atoms with Gasteiger partial charge in [-0.15, -0.1) is 0 Å². The van der Waals surface area contributed by atoms with E-state index in [9.17, 15) is 9.59 Å². The Labute approximate surface area is 141 Å². The number of hydrogen-bond acceptors (Lipinski definition) is 3. The van der Waals surface area contributed by atoms with Crippen molar-refractivity contribution in [1.82, 2.24) is 4.90 Å². The Morgan fingerprint density at radius 3 is 2.65 bits per heavy atom. The number of ether oxygens (including phenoxy) is 1. The second-order valence-electron chi connectivity index (χ2n) is 4.39. The first-order valence-corrected chi connectivity index (χ1v) is 8.10. The molecule has 1 aromatic carbocycles. The summed E-state index contributed by atoms with van der Waals surface area (Å²) in [5.41, 5.74) is 0.638. The van der Waals surface area contributed by atoms with Crippen LogP contribution in [0.5, 0.6) is 0 Å². The molecule has 1 unspecified atom stereocenters. The van der Waals surface area contributed by atoms with Gasteiger partial charge in [0.25, 0.3) is 5.91 Å². The van der Waals surface area contributed by atoms with Crippen LogP contribution < -0.4 is 0 Å². The summed E-state index contributed by atoms with van der Waals surface area (Å²) in [6.45, 7) is 4.55. The third-order valence-corrected chi connectivity index (χ3v) is 4.36. The van der Waals surface area contributed by atoms with E-state index in [0.717, 1.165) is 8.04 Å². The highest BCUT2D eigenvalue weighted by atomic mass is 127. The molecular weight excluding hydrogens is 437 g/mol. The van der Waals surface area contributed by atoms with E-state index in [4.69, 9.17) is 4.74 Å². The van der Waals surface area contributed by atoms with Gasteiger partial charge in [0, 0.05) is 21.1 Å². The van der Waals surface area contributed by atoms with Crippen LogP contribution in [0.2, 0.25) is 0 Å². The molecule has 4 nitrogen and oxygen atoms in total. The molecule has 0 aliphatic heterocycles. The predicted octanol–water partition coefficient (Wildman–Crippen LogP) is 3.32. The largest absolute Gasteiger partial charge is 0.469 e. The summed E-state index contributed by atoms with van der Waals surface area (Å²) < 4.78 is 6.45. The maximum atomic E-state index is 12.5. The van der Waals surface area contributed by atoms with Crippen LogP contribution in [0.4, 0.5) is 0 Å². The standard InChI is InChI=1S/C14H17BrINO3/c1-4-17(8-9(2)14(19)20-3)13(18)11-7-10(15)5-6-12(11)16/h5-7,9H,4,8H2,1-3H3. The molecule has 0 aliphatic carbocycles. The molecule has 6 heteroatoms. The topological polar surface area (TPSA) is 46.6 Å². The smallest absolute Gasteiger partial charge is 0.310 e. The van der Waals surface area contributed by atoms with Gasteiger partial charge in [-0.05, 0) is 47.7 Å². The van der Waals surface area contributed by atoms with Crippen molar-refractivity contribution in [2.75, 3.05) is 20.2 Å². The summed E-state index contributed by atoms with van der Waals surface area (Å²) in [6, 6.07) is 5.58. The first-order chi connectivity index (χ1) is 9.40. The van der Waals surface area contributed by atoms with Gasteiger partial charge in [0.1, 0.15) is 0 Å². The normalized spacial score (nSPS) is 11.8. The molecule has 0 spiro atoms. The highest BCUT2D eigenvalue weighted by Crippen LogP contribution is 2.20. The maximum absolute atomic E-state index is 12.5. The summed E-state index contributed by atoms with van der Waals surface area (Å²) in [4.78, 5) is 25.7. The lowest BCUT2D eigenvalue weighted by molar-refractivity contribution is -0.145. The number of rotatable bonds is 5. The lowest BCUT2D eigenvalue weighted by Gasteiger charge is -2.24.